The molecule has 16 heavy (non-hydrogen) atoms. The molecule has 0 N–H and O–H groups in total. The molecule has 0 fully saturated rings. The quantitative estimate of drug-likeness (QED) is 0.678. The molecule has 0 aliphatic carbocycles. The van der Waals surface area contributed by atoms with Crippen molar-refractivity contribution in [2.24, 2.45) is 4.99 Å². The first-order valence-corrected chi connectivity index (χ1v) is 4.41. The van der Waals surface area contributed by atoms with E-state index in [4.69, 9.17) is 0 Å². The van der Waals surface area contributed by atoms with Gasteiger partial charge in [0, 0.05) is 5.56 Å². The molecule has 0 aliphatic rings. The van der Waals surface area contributed by atoms with Crippen molar-refractivity contribution in [3.05, 3.63) is 41.5 Å². The minimum Gasteiger partial charge on any atom is -0.266 e. The lowest BCUT2D eigenvalue weighted by Gasteiger charge is -2.06. The molecule has 1 aromatic rings. The maximum Gasteiger partial charge on any atom is 0.416 e. The van der Waals surface area contributed by atoms with E-state index in [2.05, 4.69) is 10.9 Å². The lowest BCUT2D eigenvalue weighted by Crippen LogP contribution is -2.06. The van der Waals surface area contributed by atoms with E-state index in [0.29, 0.717) is 0 Å². The van der Waals surface area contributed by atoms with Gasteiger partial charge in [0.25, 0.3) is 5.91 Å². The van der Waals surface area contributed by atoms with E-state index in [0.717, 1.165) is 12.1 Å². The Bertz CT molecular complexity index is 457. The minimum atomic E-state index is -4.46. The van der Waals surface area contributed by atoms with Crippen LogP contribution in [0, 0.1) is 0 Å². The van der Waals surface area contributed by atoms with Crippen LogP contribution in [-0.2, 0) is 6.18 Å². The molecule has 0 saturated carbocycles. The highest BCUT2D eigenvalue weighted by atomic mass is 19.4. The van der Waals surface area contributed by atoms with E-state index in [1.807, 2.05) is 0 Å². The molecule has 84 valence electrons. The third kappa shape index (κ3) is 3.07. The predicted octanol–water partition coefficient (Wildman–Crippen LogP) is 3.09. The molecule has 0 radical (unpaired) electrons. The maximum absolute atomic E-state index is 12.3. The van der Waals surface area contributed by atoms with E-state index in [9.17, 15) is 18.0 Å². The summed E-state index contributed by atoms with van der Waals surface area (Å²) in [6.07, 6.45) is -3.06. The maximum atomic E-state index is 12.3. The van der Waals surface area contributed by atoms with E-state index in [1.165, 1.54) is 18.2 Å². The lowest BCUT2D eigenvalue weighted by molar-refractivity contribution is -0.137. The molecule has 0 heterocycles. The summed E-state index contributed by atoms with van der Waals surface area (Å²) in [5.41, 5.74) is -0.974. The van der Waals surface area contributed by atoms with Crippen LogP contribution >= 0.6 is 0 Å². The SMILES string of the molecule is CC=C=NC(=O)c1cccc(C(F)(F)F)c1. The van der Waals surface area contributed by atoms with Gasteiger partial charge >= 0.3 is 6.18 Å². The van der Waals surface area contributed by atoms with Crippen molar-refractivity contribution in [2.45, 2.75) is 13.1 Å². The molecule has 0 aliphatic heterocycles. The third-order valence-electron chi connectivity index (χ3n) is 1.73. The Morgan fingerprint density at radius 3 is 2.69 bits per heavy atom. The van der Waals surface area contributed by atoms with Gasteiger partial charge in [-0.25, -0.2) is 0 Å². The van der Waals surface area contributed by atoms with Crippen LogP contribution in [0.4, 0.5) is 13.2 Å². The first-order valence-electron chi connectivity index (χ1n) is 4.41. The van der Waals surface area contributed by atoms with Crippen molar-refractivity contribution < 1.29 is 18.0 Å². The average Bonchev–Trinajstić information content (AvgIpc) is 2.25. The normalized spacial score (nSPS) is 10.5. The average molecular weight is 227 g/mol. The number of amides is 1. The summed E-state index contributed by atoms with van der Waals surface area (Å²) in [5, 5.41) is 0. The van der Waals surface area contributed by atoms with E-state index in [1.54, 1.807) is 6.92 Å². The number of hydrogen-bond donors (Lipinski definition) is 0. The second-order valence-corrected chi connectivity index (χ2v) is 2.91. The molecule has 0 spiro atoms. The fraction of sp³-hybridized carbons (Fsp3) is 0.182. The van der Waals surface area contributed by atoms with Crippen molar-refractivity contribution in [3.63, 3.8) is 0 Å². The van der Waals surface area contributed by atoms with Crippen molar-refractivity contribution >= 4 is 11.8 Å². The van der Waals surface area contributed by atoms with Crippen molar-refractivity contribution in [1.82, 2.24) is 0 Å². The first-order chi connectivity index (χ1) is 7.45. The van der Waals surface area contributed by atoms with Gasteiger partial charge in [0.2, 0.25) is 0 Å². The Kier molecular flexibility index (Phi) is 3.64. The van der Waals surface area contributed by atoms with Crippen LogP contribution in [0.25, 0.3) is 0 Å². The Morgan fingerprint density at radius 2 is 2.12 bits per heavy atom. The predicted molar refractivity (Wildman–Crippen MR) is 53.5 cm³/mol. The third-order valence-corrected chi connectivity index (χ3v) is 1.73. The molecule has 2 nitrogen and oxygen atoms in total. The molecule has 0 atom stereocenters. The van der Waals surface area contributed by atoms with Gasteiger partial charge in [-0.2, -0.15) is 18.2 Å². The smallest absolute Gasteiger partial charge is 0.266 e. The zero-order chi connectivity index (χ0) is 12.2. The van der Waals surface area contributed by atoms with Gasteiger partial charge in [0.1, 0.15) is 0 Å². The molecule has 1 aromatic carbocycles. The van der Waals surface area contributed by atoms with Gasteiger partial charge in [-0.15, -0.1) is 0 Å². The summed E-state index contributed by atoms with van der Waals surface area (Å²) >= 11 is 0. The summed E-state index contributed by atoms with van der Waals surface area (Å²) in [7, 11) is 0. The Balaban J connectivity index is 3.09. The Hall–Kier alpha value is -1.87. The van der Waals surface area contributed by atoms with Crippen LogP contribution in [0.5, 0.6) is 0 Å². The number of nitrogens with zero attached hydrogens (tertiary/aromatic N) is 1. The first kappa shape index (κ1) is 12.2. The molecular weight excluding hydrogens is 219 g/mol. The van der Waals surface area contributed by atoms with Gasteiger partial charge < -0.3 is 0 Å². The molecule has 1 amide bonds. The van der Waals surface area contributed by atoms with Crippen LogP contribution < -0.4 is 0 Å². The van der Waals surface area contributed by atoms with Gasteiger partial charge in [-0.1, -0.05) is 6.07 Å². The molecule has 0 unspecified atom stereocenters. The minimum absolute atomic E-state index is 0.107. The summed E-state index contributed by atoms with van der Waals surface area (Å²) in [6, 6.07) is 4.11. The highest BCUT2D eigenvalue weighted by molar-refractivity contribution is 5.98. The number of alkyl halides is 3. The van der Waals surface area contributed by atoms with E-state index in [-0.39, 0.29) is 5.56 Å². The largest absolute Gasteiger partial charge is 0.416 e. The summed E-state index contributed by atoms with van der Waals surface area (Å²) < 4.78 is 37.0. The van der Waals surface area contributed by atoms with Crippen molar-refractivity contribution in [2.75, 3.05) is 0 Å². The number of carbonyl (C=O) groups is 1. The Morgan fingerprint density at radius 1 is 1.44 bits per heavy atom. The van der Waals surface area contributed by atoms with Crippen LogP contribution in [0.1, 0.15) is 22.8 Å². The van der Waals surface area contributed by atoms with Gasteiger partial charge in [0.05, 0.1) is 5.56 Å². The van der Waals surface area contributed by atoms with Gasteiger partial charge in [-0.3, -0.25) is 4.79 Å². The lowest BCUT2D eigenvalue weighted by atomic mass is 10.1. The molecule has 1 rings (SSSR count). The van der Waals surface area contributed by atoms with Gasteiger partial charge in [0.15, 0.2) is 0 Å². The number of halogens is 3. The van der Waals surface area contributed by atoms with Crippen molar-refractivity contribution in [3.8, 4) is 0 Å². The molecule has 5 heteroatoms. The number of allylic oxidation sites excluding steroid dienone is 1. The van der Waals surface area contributed by atoms with Crippen LogP contribution in [0.2, 0.25) is 0 Å². The fourth-order valence-electron chi connectivity index (χ4n) is 1.02. The standard InChI is InChI=1S/C11H8F3NO/c1-2-6-15-10(16)8-4-3-5-9(7-8)11(12,13)14/h2-5,7H,1H3. The number of benzene rings is 1. The second-order valence-electron chi connectivity index (χ2n) is 2.91. The summed E-state index contributed by atoms with van der Waals surface area (Å²) in [5.74, 6) is 1.53. The van der Waals surface area contributed by atoms with Crippen LogP contribution in [-0.4, -0.2) is 11.8 Å². The summed E-state index contributed by atoms with van der Waals surface area (Å²) in [4.78, 5) is 14.6. The zero-order valence-corrected chi connectivity index (χ0v) is 8.38. The number of rotatable bonds is 1. The highest BCUT2D eigenvalue weighted by Gasteiger charge is 2.30. The number of aliphatic imine (C=N–C) groups is 1. The summed E-state index contributed by atoms with van der Waals surface area (Å²) in [6.45, 7) is 1.60. The molecular formula is C11H8F3NO. The van der Waals surface area contributed by atoms with Crippen molar-refractivity contribution in [1.29, 1.82) is 0 Å². The molecule has 0 aromatic heterocycles. The zero-order valence-electron chi connectivity index (χ0n) is 8.38. The number of hydrogen-bond acceptors (Lipinski definition) is 1. The van der Waals surface area contributed by atoms with Crippen LogP contribution in [0.15, 0.2) is 35.3 Å². The van der Waals surface area contributed by atoms with Gasteiger partial charge in [-0.05, 0) is 37.1 Å². The second kappa shape index (κ2) is 4.77. The Labute approximate surface area is 90.1 Å². The van der Waals surface area contributed by atoms with Crippen LogP contribution in [0.3, 0.4) is 0 Å². The van der Waals surface area contributed by atoms with E-state index >= 15 is 0 Å². The molecule has 0 bridgehead atoms. The topological polar surface area (TPSA) is 29.4 Å². The number of carbonyl (C=O) groups excluding carboxylic acids is 1. The van der Waals surface area contributed by atoms with E-state index < -0.39 is 17.6 Å². The fourth-order valence-corrected chi connectivity index (χ4v) is 1.02. The monoisotopic (exact) mass is 227 g/mol. The highest BCUT2D eigenvalue weighted by Crippen LogP contribution is 2.29. The molecule has 0 saturated heterocycles.